The third-order valence-electron chi connectivity index (χ3n) is 3.84. The van der Waals surface area contributed by atoms with Gasteiger partial charge in [0.1, 0.15) is 0 Å². The average molecular weight is 260 g/mol. The maximum absolute atomic E-state index is 4.57. The second kappa shape index (κ2) is 5.87. The average Bonchev–Trinajstić information content (AvgIpc) is 3.30. The molecule has 0 aromatic carbocycles. The lowest BCUT2D eigenvalue weighted by Crippen LogP contribution is -2.29. The summed E-state index contributed by atoms with van der Waals surface area (Å²) in [6.07, 6.45) is 10.5. The van der Waals surface area contributed by atoms with Gasteiger partial charge in [0.2, 0.25) is 5.95 Å². The van der Waals surface area contributed by atoms with Crippen LogP contribution in [0.5, 0.6) is 0 Å². The van der Waals surface area contributed by atoms with E-state index in [0.29, 0.717) is 6.04 Å². The first-order valence-electron chi connectivity index (χ1n) is 7.65. The van der Waals surface area contributed by atoms with Gasteiger partial charge in [0.05, 0.1) is 0 Å². The van der Waals surface area contributed by atoms with Crippen LogP contribution in [-0.2, 0) is 6.54 Å². The fourth-order valence-corrected chi connectivity index (χ4v) is 2.36. The molecule has 4 heteroatoms. The van der Waals surface area contributed by atoms with E-state index in [1.54, 1.807) is 0 Å². The summed E-state index contributed by atoms with van der Waals surface area (Å²) in [5.41, 5.74) is 1.18. The summed E-state index contributed by atoms with van der Waals surface area (Å²) in [5.74, 6) is 1.84. The zero-order valence-electron chi connectivity index (χ0n) is 11.8. The molecule has 2 aliphatic rings. The highest BCUT2D eigenvalue weighted by Gasteiger charge is 2.35. The van der Waals surface area contributed by atoms with Crippen LogP contribution in [0.15, 0.2) is 12.4 Å². The molecule has 4 nitrogen and oxygen atoms in total. The van der Waals surface area contributed by atoms with Crippen LogP contribution in [0.25, 0.3) is 0 Å². The van der Waals surface area contributed by atoms with E-state index in [0.717, 1.165) is 37.9 Å². The Balaban J connectivity index is 1.59. The number of hydrogen-bond donors (Lipinski definition) is 1. The van der Waals surface area contributed by atoms with E-state index < -0.39 is 0 Å². The molecule has 1 N–H and O–H groups in total. The maximum atomic E-state index is 4.57. The molecule has 2 aliphatic carbocycles. The Bertz CT molecular complexity index is 395. The molecule has 19 heavy (non-hydrogen) atoms. The van der Waals surface area contributed by atoms with Crippen LogP contribution in [-0.4, -0.2) is 29.1 Å². The van der Waals surface area contributed by atoms with E-state index in [4.69, 9.17) is 0 Å². The summed E-state index contributed by atoms with van der Waals surface area (Å²) in [7, 11) is 0. The number of aromatic nitrogens is 2. The number of rotatable bonds is 8. The van der Waals surface area contributed by atoms with Gasteiger partial charge in [0, 0.05) is 37.1 Å². The molecule has 104 valence electrons. The lowest BCUT2D eigenvalue weighted by atomic mass is 10.3. The molecule has 2 fully saturated rings. The number of nitrogens with one attached hydrogen (secondary N) is 1. The van der Waals surface area contributed by atoms with E-state index in [2.05, 4.69) is 27.1 Å². The van der Waals surface area contributed by atoms with E-state index in [9.17, 15) is 0 Å². The number of hydrogen-bond acceptors (Lipinski definition) is 4. The van der Waals surface area contributed by atoms with Gasteiger partial charge in [0.25, 0.3) is 0 Å². The largest absolute Gasteiger partial charge is 0.338 e. The predicted molar refractivity (Wildman–Crippen MR) is 77.1 cm³/mol. The molecule has 0 amide bonds. The van der Waals surface area contributed by atoms with E-state index in [1.807, 2.05) is 12.4 Å². The molecule has 0 aliphatic heterocycles. The topological polar surface area (TPSA) is 41.1 Å². The van der Waals surface area contributed by atoms with Gasteiger partial charge in [-0.1, -0.05) is 6.92 Å². The van der Waals surface area contributed by atoms with Crippen LogP contribution in [0.4, 0.5) is 5.95 Å². The minimum Gasteiger partial charge on any atom is -0.338 e. The summed E-state index contributed by atoms with van der Waals surface area (Å²) in [6.45, 7) is 5.27. The predicted octanol–water partition coefficient (Wildman–Crippen LogP) is 2.36. The Labute approximate surface area is 115 Å². The second-order valence-electron chi connectivity index (χ2n) is 5.90. The van der Waals surface area contributed by atoms with Crippen molar-refractivity contribution in [2.45, 2.75) is 51.6 Å². The Morgan fingerprint density at radius 2 is 1.95 bits per heavy atom. The van der Waals surface area contributed by atoms with Crippen molar-refractivity contribution in [1.29, 1.82) is 0 Å². The molecule has 0 bridgehead atoms. The van der Waals surface area contributed by atoms with Crippen LogP contribution in [0, 0.1) is 5.92 Å². The summed E-state index contributed by atoms with van der Waals surface area (Å²) >= 11 is 0. The first kappa shape index (κ1) is 12.9. The molecule has 2 saturated carbocycles. The van der Waals surface area contributed by atoms with Crippen molar-refractivity contribution in [2.24, 2.45) is 5.92 Å². The maximum Gasteiger partial charge on any atom is 0.225 e. The van der Waals surface area contributed by atoms with Crippen molar-refractivity contribution in [3.63, 3.8) is 0 Å². The molecule has 0 spiro atoms. The zero-order chi connectivity index (χ0) is 13.1. The Hall–Kier alpha value is -1.16. The molecule has 1 heterocycles. The highest BCUT2D eigenvalue weighted by atomic mass is 15.3. The third-order valence-corrected chi connectivity index (χ3v) is 3.84. The van der Waals surface area contributed by atoms with Crippen molar-refractivity contribution in [2.75, 3.05) is 18.0 Å². The fourth-order valence-electron chi connectivity index (χ4n) is 2.36. The van der Waals surface area contributed by atoms with Crippen molar-refractivity contribution < 1.29 is 0 Å². The quantitative estimate of drug-likeness (QED) is 0.729. The van der Waals surface area contributed by atoms with E-state index in [-0.39, 0.29) is 0 Å². The molecule has 3 rings (SSSR count). The molecular formula is C15H24N4. The highest BCUT2D eigenvalue weighted by Crippen LogP contribution is 2.36. The van der Waals surface area contributed by atoms with Crippen LogP contribution >= 0.6 is 0 Å². The fraction of sp³-hybridized carbons (Fsp3) is 0.733. The molecule has 0 unspecified atom stereocenters. The summed E-state index contributed by atoms with van der Waals surface area (Å²) < 4.78 is 0. The monoisotopic (exact) mass is 260 g/mol. The lowest BCUT2D eigenvalue weighted by molar-refractivity contribution is 0.666. The molecule has 0 radical (unpaired) electrons. The molecule has 0 saturated heterocycles. The highest BCUT2D eigenvalue weighted by molar-refractivity contribution is 5.34. The van der Waals surface area contributed by atoms with Gasteiger partial charge < -0.3 is 10.2 Å². The Kier molecular flexibility index (Phi) is 3.97. The lowest BCUT2D eigenvalue weighted by Gasteiger charge is -2.22. The van der Waals surface area contributed by atoms with Gasteiger partial charge in [-0.2, -0.15) is 0 Å². The van der Waals surface area contributed by atoms with Crippen LogP contribution in [0.3, 0.4) is 0 Å². The van der Waals surface area contributed by atoms with Crippen LogP contribution in [0.2, 0.25) is 0 Å². The molecule has 1 aromatic rings. The zero-order valence-corrected chi connectivity index (χ0v) is 11.8. The smallest absolute Gasteiger partial charge is 0.225 e. The number of nitrogens with zero attached hydrogens (tertiary/aromatic N) is 3. The third kappa shape index (κ3) is 3.66. The first-order valence-corrected chi connectivity index (χ1v) is 7.65. The summed E-state index contributed by atoms with van der Waals surface area (Å²) in [4.78, 5) is 11.6. The van der Waals surface area contributed by atoms with Gasteiger partial charge in [-0.05, 0) is 44.6 Å². The second-order valence-corrected chi connectivity index (χ2v) is 5.90. The Morgan fingerprint density at radius 3 is 2.53 bits per heavy atom. The van der Waals surface area contributed by atoms with Crippen molar-refractivity contribution in [1.82, 2.24) is 15.3 Å². The minimum absolute atomic E-state index is 0.713. The van der Waals surface area contributed by atoms with Gasteiger partial charge in [0.15, 0.2) is 0 Å². The van der Waals surface area contributed by atoms with Gasteiger partial charge in [-0.3, -0.25) is 0 Å². The van der Waals surface area contributed by atoms with E-state index >= 15 is 0 Å². The van der Waals surface area contributed by atoms with Crippen molar-refractivity contribution in [3.8, 4) is 0 Å². The molecule has 1 aromatic heterocycles. The molecular weight excluding hydrogens is 236 g/mol. The summed E-state index contributed by atoms with van der Waals surface area (Å²) in [5, 5.41) is 3.38. The van der Waals surface area contributed by atoms with E-state index in [1.165, 1.54) is 31.2 Å². The van der Waals surface area contributed by atoms with Crippen molar-refractivity contribution in [3.05, 3.63) is 18.0 Å². The molecule has 0 atom stereocenters. The van der Waals surface area contributed by atoms with Crippen LogP contribution < -0.4 is 10.2 Å². The Morgan fingerprint density at radius 1 is 1.21 bits per heavy atom. The van der Waals surface area contributed by atoms with Gasteiger partial charge >= 0.3 is 0 Å². The van der Waals surface area contributed by atoms with Crippen molar-refractivity contribution >= 4 is 5.95 Å². The number of anilines is 1. The normalized spacial score (nSPS) is 18.6. The SMILES string of the molecule is CCCNCc1cnc(N(CC2CC2)C2CC2)nc1. The summed E-state index contributed by atoms with van der Waals surface area (Å²) in [6, 6.07) is 0.713. The van der Waals surface area contributed by atoms with Crippen LogP contribution in [0.1, 0.15) is 44.6 Å². The minimum atomic E-state index is 0.713. The van der Waals surface area contributed by atoms with Gasteiger partial charge in [-0.15, -0.1) is 0 Å². The first-order chi connectivity index (χ1) is 9.36. The van der Waals surface area contributed by atoms with Gasteiger partial charge in [-0.25, -0.2) is 9.97 Å². The standard InChI is InChI=1S/C15H24N4/c1-2-7-16-8-13-9-17-15(18-10-13)19(14-5-6-14)11-12-3-4-12/h9-10,12,14,16H,2-8,11H2,1H3.